The van der Waals surface area contributed by atoms with Gasteiger partial charge in [-0.2, -0.15) is 24.9 Å². The van der Waals surface area contributed by atoms with Crippen molar-refractivity contribution in [2.45, 2.75) is 30.3 Å². The molecule has 1 aromatic carbocycles. The van der Waals surface area contributed by atoms with Crippen LogP contribution in [0.15, 0.2) is 24.3 Å². The second-order valence-corrected chi connectivity index (χ2v) is 5.96. The van der Waals surface area contributed by atoms with Gasteiger partial charge in [0.15, 0.2) is 0 Å². The van der Waals surface area contributed by atoms with Crippen molar-refractivity contribution in [1.82, 2.24) is 5.32 Å². The van der Waals surface area contributed by atoms with Gasteiger partial charge in [-0.3, -0.25) is 0 Å². The van der Waals surface area contributed by atoms with Crippen LogP contribution in [0.2, 0.25) is 0 Å². The molecule has 100 valence electrons. The first-order chi connectivity index (χ1) is 8.45. The van der Waals surface area contributed by atoms with Gasteiger partial charge in [0.05, 0.1) is 5.56 Å². The summed E-state index contributed by atoms with van der Waals surface area (Å²) in [6.45, 7) is 1.55. The Labute approximate surface area is 109 Å². The molecular formula is C13H16F3NS. The molecule has 0 bridgehead atoms. The van der Waals surface area contributed by atoms with E-state index in [0.29, 0.717) is 11.3 Å². The van der Waals surface area contributed by atoms with E-state index in [2.05, 4.69) is 11.6 Å². The Morgan fingerprint density at radius 3 is 2.28 bits per heavy atom. The van der Waals surface area contributed by atoms with Crippen molar-refractivity contribution >= 4 is 11.8 Å². The lowest BCUT2D eigenvalue weighted by Gasteiger charge is -2.13. The number of halogens is 3. The maximum atomic E-state index is 12.4. The van der Waals surface area contributed by atoms with E-state index >= 15 is 0 Å². The Morgan fingerprint density at radius 2 is 1.83 bits per heavy atom. The van der Waals surface area contributed by atoms with Crippen molar-refractivity contribution < 1.29 is 13.2 Å². The van der Waals surface area contributed by atoms with Crippen molar-refractivity contribution in [2.24, 2.45) is 0 Å². The van der Waals surface area contributed by atoms with Crippen molar-refractivity contribution in [1.29, 1.82) is 0 Å². The first-order valence-corrected chi connectivity index (χ1v) is 7.10. The van der Waals surface area contributed by atoms with E-state index in [0.717, 1.165) is 24.2 Å². The van der Waals surface area contributed by atoms with E-state index in [9.17, 15) is 13.2 Å². The standard InChI is InChI=1S/C13H16F3NS/c1-18-12(6-7-12)9-17-8-10-2-4-11(5-3-10)13(14,15)16/h2-5,17H,6-9H2,1H3. The number of hydrogen-bond acceptors (Lipinski definition) is 2. The number of thioether (sulfide) groups is 1. The van der Waals surface area contributed by atoms with Crippen LogP contribution in [-0.4, -0.2) is 17.5 Å². The second kappa shape index (κ2) is 5.13. The Bertz CT molecular complexity index is 396. The summed E-state index contributed by atoms with van der Waals surface area (Å²) >= 11 is 1.87. The van der Waals surface area contributed by atoms with Crippen LogP contribution in [0.1, 0.15) is 24.0 Å². The fraction of sp³-hybridized carbons (Fsp3) is 0.538. The lowest BCUT2D eigenvalue weighted by Crippen LogP contribution is -2.25. The van der Waals surface area contributed by atoms with Crippen LogP contribution in [-0.2, 0) is 12.7 Å². The van der Waals surface area contributed by atoms with Gasteiger partial charge < -0.3 is 5.32 Å². The molecule has 0 amide bonds. The maximum Gasteiger partial charge on any atom is 0.416 e. The van der Waals surface area contributed by atoms with Gasteiger partial charge in [0, 0.05) is 17.8 Å². The molecule has 0 unspecified atom stereocenters. The normalized spacial score (nSPS) is 17.8. The number of benzene rings is 1. The molecule has 1 fully saturated rings. The van der Waals surface area contributed by atoms with Gasteiger partial charge in [-0.15, -0.1) is 0 Å². The predicted molar refractivity (Wildman–Crippen MR) is 68.6 cm³/mol. The number of nitrogens with one attached hydrogen (secondary N) is 1. The first kappa shape index (κ1) is 13.7. The molecule has 1 aromatic rings. The van der Waals surface area contributed by atoms with Crippen LogP contribution in [0.4, 0.5) is 13.2 Å². The average molecular weight is 275 g/mol. The Kier molecular flexibility index (Phi) is 3.92. The summed E-state index contributed by atoms with van der Waals surface area (Å²) in [5.41, 5.74) is 0.300. The highest BCUT2D eigenvalue weighted by Gasteiger charge is 2.41. The molecule has 0 atom stereocenters. The lowest BCUT2D eigenvalue weighted by atomic mass is 10.1. The summed E-state index contributed by atoms with van der Waals surface area (Å²) in [6, 6.07) is 5.35. The minimum Gasteiger partial charge on any atom is -0.311 e. The number of alkyl halides is 3. The first-order valence-electron chi connectivity index (χ1n) is 5.87. The van der Waals surface area contributed by atoms with Gasteiger partial charge in [0.2, 0.25) is 0 Å². The largest absolute Gasteiger partial charge is 0.416 e. The molecule has 0 saturated heterocycles. The zero-order chi connectivity index (χ0) is 13.2. The summed E-state index contributed by atoms with van der Waals surface area (Å²) in [4.78, 5) is 0. The minimum absolute atomic E-state index is 0.381. The molecule has 0 radical (unpaired) electrons. The fourth-order valence-electron chi connectivity index (χ4n) is 1.84. The summed E-state index contributed by atoms with van der Waals surface area (Å²) < 4.78 is 37.5. The van der Waals surface area contributed by atoms with E-state index in [-0.39, 0.29) is 0 Å². The van der Waals surface area contributed by atoms with Gasteiger partial charge in [-0.05, 0) is 36.8 Å². The quantitative estimate of drug-likeness (QED) is 0.879. The molecular weight excluding hydrogens is 259 g/mol. The Hall–Kier alpha value is -0.680. The highest BCUT2D eigenvalue weighted by Crippen LogP contribution is 2.46. The van der Waals surface area contributed by atoms with Crippen LogP contribution in [0.3, 0.4) is 0 Å². The van der Waals surface area contributed by atoms with Crippen molar-refractivity contribution in [2.75, 3.05) is 12.8 Å². The van der Waals surface area contributed by atoms with Crippen molar-refractivity contribution in [3.8, 4) is 0 Å². The predicted octanol–water partition coefficient (Wildman–Crippen LogP) is 3.69. The average Bonchev–Trinajstić information content (AvgIpc) is 3.09. The molecule has 0 spiro atoms. The molecule has 1 saturated carbocycles. The third-order valence-electron chi connectivity index (χ3n) is 3.30. The summed E-state index contributed by atoms with van der Waals surface area (Å²) in [7, 11) is 0. The maximum absolute atomic E-state index is 12.4. The van der Waals surface area contributed by atoms with Gasteiger partial charge >= 0.3 is 6.18 Å². The Balaban J connectivity index is 1.83. The monoisotopic (exact) mass is 275 g/mol. The van der Waals surface area contributed by atoms with Crippen molar-refractivity contribution in [3.63, 3.8) is 0 Å². The van der Waals surface area contributed by atoms with E-state index in [4.69, 9.17) is 0 Å². The van der Waals surface area contributed by atoms with Gasteiger partial charge in [0.1, 0.15) is 0 Å². The molecule has 0 heterocycles. The molecule has 1 aliphatic carbocycles. The smallest absolute Gasteiger partial charge is 0.311 e. The molecule has 5 heteroatoms. The van der Waals surface area contributed by atoms with Crippen LogP contribution >= 0.6 is 11.8 Å². The van der Waals surface area contributed by atoms with Gasteiger partial charge in [0.25, 0.3) is 0 Å². The van der Waals surface area contributed by atoms with E-state index in [1.807, 2.05) is 11.8 Å². The highest BCUT2D eigenvalue weighted by atomic mass is 32.2. The summed E-state index contributed by atoms with van der Waals surface area (Å²) in [5.74, 6) is 0. The van der Waals surface area contributed by atoms with E-state index < -0.39 is 11.7 Å². The zero-order valence-electron chi connectivity index (χ0n) is 10.2. The molecule has 2 rings (SSSR count). The third-order valence-corrected chi connectivity index (χ3v) is 4.72. The van der Waals surface area contributed by atoms with E-state index in [1.165, 1.54) is 25.0 Å². The van der Waals surface area contributed by atoms with Crippen molar-refractivity contribution in [3.05, 3.63) is 35.4 Å². The summed E-state index contributed by atoms with van der Waals surface area (Å²) in [5, 5.41) is 3.31. The van der Waals surface area contributed by atoms with Gasteiger partial charge in [-0.1, -0.05) is 12.1 Å². The third kappa shape index (κ3) is 3.42. The zero-order valence-corrected chi connectivity index (χ0v) is 11.0. The van der Waals surface area contributed by atoms with Crippen LogP contribution in [0.5, 0.6) is 0 Å². The summed E-state index contributed by atoms with van der Waals surface area (Å²) in [6.07, 6.45) is 0.318. The van der Waals surface area contributed by atoms with E-state index in [1.54, 1.807) is 0 Å². The van der Waals surface area contributed by atoms with Crippen LogP contribution < -0.4 is 5.32 Å². The molecule has 0 aliphatic heterocycles. The highest BCUT2D eigenvalue weighted by molar-refractivity contribution is 8.00. The van der Waals surface area contributed by atoms with Crippen LogP contribution in [0, 0.1) is 0 Å². The number of rotatable bonds is 5. The molecule has 1 aliphatic rings. The number of hydrogen-bond donors (Lipinski definition) is 1. The minimum atomic E-state index is -4.25. The second-order valence-electron chi connectivity index (χ2n) is 4.69. The molecule has 1 nitrogen and oxygen atoms in total. The molecule has 0 aromatic heterocycles. The lowest BCUT2D eigenvalue weighted by molar-refractivity contribution is -0.137. The topological polar surface area (TPSA) is 12.0 Å². The van der Waals surface area contributed by atoms with Gasteiger partial charge in [-0.25, -0.2) is 0 Å². The Morgan fingerprint density at radius 1 is 1.22 bits per heavy atom. The SMILES string of the molecule is CSC1(CNCc2ccc(C(F)(F)F)cc2)CC1. The van der Waals surface area contributed by atoms with Crippen LogP contribution in [0.25, 0.3) is 0 Å². The molecule has 18 heavy (non-hydrogen) atoms. The molecule has 1 N–H and O–H groups in total. The fourth-order valence-corrected chi connectivity index (χ4v) is 2.60.